The average Bonchev–Trinajstić information content (AvgIpc) is 2.48. The molecular formula is C18H19BrO2. The van der Waals surface area contributed by atoms with E-state index in [0.717, 1.165) is 21.3 Å². The molecule has 2 rings (SSSR count). The first-order valence-electron chi connectivity index (χ1n) is 6.86. The second kappa shape index (κ2) is 6.44. The molecule has 21 heavy (non-hydrogen) atoms. The van der Waals surface area contributed by atoms with Gasteiger partial charge < -0.3 is 4.74 Å². The minimum Gasteiger partial charge on any atom is -0.496 e. The van der Waals surface area contributed by atoms with Crippen molar-refractivity contribution in [3.63, 3.8) is 0 Å². The van der Waals surface area contributed by atoms with Gasteiger partial charge in [-0.05, 0) is 53.0 Å². The van der Waals surface area contributed by atoms with E-state index < -0.39 is 5.41 Å². The number of benzene rings is 2. The fourth-order valence-corrected chi connectivity index (χ4v) is 2.83. The topological polar surface area (TPSA) is 26.3 Å². The molecule has 110 valence electrons. The van der Waals surface area contributed by atoms with Crippen LogP contribution < -0.4 is 4.74 Å². The van der Waals surface area contributed by atoms with Crippen molar-refractivity contribution in [2.75, 3.05) is 7.11 Å². The van der Waals surface area contributed by atoms with Crippen LogP contribution in [-0.4, -0.2) is 12.9 Å². The largest absolute Gasteiger partial charge is 0.496 e. The van der Waals surface area contributed by atoms with Crippen LogP contribution in [0.1, 0.15) is 25.0 Å². The molecule has 0 aliphatic heterocycles. The Kier molecular flexibility index (Phi) is 4.84. The summed E-state index contributed by atoms with van der Waals surface area (Å²) in [7, 11) is 1.63. The zero-order chi connectivity index (χ0) is 15.5. The highest BCUT2D eigenvalue weighted by atomic mass is 79.9. The Balaban J connectivity index is 2.19. The molecule has 0 spiro atoms. The van der Waals surface area contributed by atoms with Crippen molar-refractivity contribution >= 4 is 21.7 Å². The number of Topliss-reactive ketones (excluding diaryl/α,β-unsaturated/α-hetero) is 1. The Morgan fingerprint density at radius 3 is 2.38 bits per heavy atom. The molecule has 0 atom stereocenters. The van der Waals surface area contributed by atoms with E-state index in [4.69, 9.17) is 4.74 Å². The van der Waals surface area contributed by atoms with Crippen LogP contribution in [0.3, 0.4) is 0 Å². The van der Waals surface area contributed by atoms with E-state index in [1.807, 2.05) is 62.4 Å². The molecule has 0 N–H and O–H groups in total. The monoisotopic (exact) mass is 346 g/mol. The van der Waals surface area contributed by atoms with E-state index in [0.29, 0.717) is 6.42 Å². The summed E-state index contributed by atoms with van der Waals surface area (Å²) in [6.45, 7) is 3.95. The van der Waals surface area contributed by atoms with E-state index in [9.17, 15) is 4.79 Å². The number of carbonyl (C=O) groups excluding carboxylic acids is 1. The van der Waals surface area contributed by atoms with Gasteiger partial charge in [-0.3, -0.25) is 4.79 Å². The van der Waals surface area contributed by atoms with Gasteiger partial charge in [0.25, 0.3) is 0 Å². The second-order valence-corrected chi connectivity index (χ2v) is 6.41. The number of halogens is 1. The van der Waals surface area contributed by atoms with Gasteiger partial charge in [0.15, 0.2) is 0 Å². The van der Waals surface area contributed by atoms with Gasteiger partial charge in [0.05, 0.1) is 11.6 Å². The second-order valence-electron chi connectivity index (χ2n) is 5.56. The number of hydrogen-bond donors (Lipinski definition) is 0. The zero-order valence-corrected chi connectivity index (χ0v) is 14.1. The van der Waals surface area contributed by atoms with Gasteiger partial charge in [0.1, 0.15) is 11.5 Å². The maximum Gasteiger partial charge on any atom is 0.147 e. The third kappa shape index (κ3) is 3.53. The number of ether oxygens (including phenoxy) is 1. The van der Waals surface area contributed by atoms with E-state index >= 15 is 0 Å². The summed E-state index contributed by atoms with van der Waals surface area (Å²) in [6.07, 6.45) is 0.407. The maximum absolute atomic E-state index is 12.7. The summed E-state index contributed by atoms with van der Waals surface area (Å²) in [6, 6.07) is 15.7. The highest BCUT2D eigenvalue weighted by molar-refractivity contribution is 9.10. The highest BCUT2D eigenvalue weighted by Gasteiger charge is 2.29. The Bertz CT molecular complexity index is 633. The quantitative estimate of drug-likeness (QED) is 0.793. The predicted octanol–water partition coefficient (Wildman–Crippen LogP) is 4.55. The molecule has 0 amide bonds. The van der Waals surface area contributed by atoms with Gasteiger partial charge in [-0.15, -0.1) is 0 Å². The Morgan fingerprint density at radius 1 is 1.14 bits per heavy atom. The number of rotatable bonds is 5. The Morgan fingerprint density at radius 2 is 1.81 bits per heavy atom. The minimum absolute atomic E-state index is 0.200. The lowest BCUT2D eigenvalue weighted by atomic mass is 9.78. The summed E-state index contributed by atoms with van der Waals surface area (Å²) in [5.74, 6) is 0.972. The van der Waals surface area contributed by atoms with Crippen molar-refractivity contribution in [1.82, 2.24) is 0 Å². The number of ketones is 1. The molecule has 0 aliphatic rings. The van der Waals surface area contributed by atoms with Crippen LogP contribution in [0, 0.1) is 0 Å². The molecule has 2 aromatic carbocycles. The van der Waals surface area contributed by atoms with Gasteiger partial charge in [-0.25, -0.2) is 0 Å². The summed E-state index contributed by atoms with van der Waals surface area (Å²) in [4.78, 5) is 12.7. The van der Waals surface area contributed by atoms with Crippen molar-refractivity contribution in [3.05, 3.63) is 64.1 Å². The summed E-state index contributed by atoms with van der Waals surface area (Å²) in [5, 5.41) is 0. The molecule has 0 radical (unpaired) electrons. The SMILES string of the molecule is COc1ccc(CC(=O)C(C)(C)c2ccccc2)cc1Br. The molecular weight excluding hydrogens is 328 g/mol. The lowest BCUT2D eigenvalue weighted by Gasteiger charge is -2.24. The first-order valence-corrected chi connectivity index (χ1v) is 7.65. The molecule has 0 heterocycles. The van der Waals surface area contributed by atoms with Crippen LogP contribution in [-0.2, 0) is 16.6 Å². The van der Waals surface area contributed by atoms with Crippen molar-refractivity contribution in [2.24, 2.45) is 0 Å². The van der Waals surface area contributed by atoms with Gasteiger partial charge >= 0.3 is 0 Å². The predicted molar refractivity (Wildman–Crippen MR) is 88.9 cm³/mol. The minimum atomic E-state index is -0.492. The van der Waals surface area contributed by atoms with Crippen LogP contribution in [0.4, 0.5) is 0 Å². The number of hydrogen-bond acceptors (Lipinski definition) is 2. The van der Waals surface area contributed by atoms with Gasteiger partial charge in [0, 0.05) is 11.8 Å². The van der Waals surface area contributed by atoms with E-state index in [2.05, 4.69) is 15.9 Å². The molecule has 0 saturated heterocycles. The van der Waals surface area contributed by atoms with E-state index in [-0.39, 0.29) is 5.78 Å². The molecule has 2 aromatic rings. The number of carbonyl (C=O) groups is 1. The molecule has 0 saturated carbocycles. The van der Waals surface area contributed by atoms with Crippen LogP contribution in [0.2, 0.25) is 0 Å². The first kappa shape index (κ1) is 15.8. The molecule has 2 nitrogen and oxygen atoms in total. The molecule has 3 heteroatoms. The maximum atomic E-state index is 12.7. The lowest BCUT2D eigenvalue weighted by molar-refractivity contribution is -0.122. The molecule has 0 unspecified atom stereocenters. The smallest absolute Gasteiger partial charge is 0.147 e. The zero-order valence-electron chi connectivity index (χ0n) is 12.5. The third-order valence-electron chi connectivity index (χ3n) is 3.77. The average molecular weight is 347 g/mol. The third-order valence-corrected chi connectivity index (χ3v) is 4.39. The van der Waals surface area contributed by atoms with Crippen LogP contribution >= 0.6 is 15.9 Å². The van der Waals surface area contributed by atoms with Crippen LogP contribution in [0.5, 0.6) is 5.75 Å². The van der Waals surface area contributed by atoms with Gasteiger partial charge in [-0.2, -0.15) is 0 Å². The fourth-order valence-electron chi connectivity index (χ4n) is 2.24. The summed E-state index contributed by atoms with van der Waals surface area (Å²) >= 11 is 3.46. The molecule has 0 bridgehead atoms. The molecule has 0 fully saturated rings. The summed E-state index contributed by atoms with van der Waals surface area (Å²) < 4.78 is 6.08. The van der Waals surface area contributed by atoms with Gasteiger partial charge in [0.2, 0.25) is 0 Å². The van der Waals surface area contributed by atoms with Crippen LogP contribution in [0.25, 0.3) is 0 Å². The van der Waals surface area contributed by atoms with E-state index in [1.165, 1.54) is 0 Å². The van der Waals surface area contributed by atoms with Crippen molar-refractivity contribution in [3.8, 4) is 5.75 Å². The van der Waals surface area contributed by atoms with Crippen molar-refractivity contribution in [1.29, 1.82) is 0 Å². The lowest BCUT2D eigenvalue weighted by Crippen LogP contribution is -2.30. The van der Waals surface area contributed by atoms with Crippen LogP contribution in [0.15, 0.2) is 53.0 Å². The van der Waals surface area contributed by atoms with E-state index in [1.54, 1.807) is 7.11 Å². The number of methoxy groups -OCH3 is 1. The highest BCUT2D eigenvalue weighted by Crippen LogP contribution is 2.29. The van der Waals surface area contributed by atoms with Gasteiger partial charge in [-0.1, -0.05) is 36.4 Å². The van der Waals surface area contributed by atoms with Crippen molar-refractivity contribution < 1.29 is 9.53 Å². The summed E-state index contributed by atoms with van der Waals surface area (Å²) in [5.41, 5.74) is 1.53. The standard InChI is InChI=1S/C18H19BrO2/c1-18(2,14-7-5-4-6-8-14)17(20)12-13-9-10-16(21-3)15(19)11-13/h4-11H,12H2,1-3H3. The molecule has 0 aliphatic carbocycles. The fraction of sp³-hybridized carbons (Fsp3) is 0.278. The van der Waals surface area contributed by atoms with Crippen molar-refractivity contribution in [2.45, 2.75) is 25.7 Å². The Labute approximate surface area is 134 Å². The normalized spacial score (nSPS) is 11.2. The first-order chi connectivity index (χ1) is 9.95. The Hall–Kier alpha value is -1.61. The molecule has 0 aromatic heterocycles.